The summed E-state index contributed by atoms with van der Waals surface area (Å²) in [6.07, 6.45) is -2.22. The fraction of sp³-hybridized carbons (Fsp3) is 0.394. The maximum absolute atomic E-state index is 12.1. The van der Waals surface area contributed by atoms with Crippen molar-refractivity contribution in [2.75, 3.05) is 18.9 Å². The van der Waals surface area contributed by atoms with Gasteiger partial charge < -0.3 is 30.1 Å². The average molecular weight is 577 g/mol. The molecule has 4 N–H and O–H groups in total. The third-order valence-electron chi connectivity index (χ3n) is 7.92. The van der Waals surface area contributed by atoms with Crippen LogP contribution in [0.5, 0.6) is 0 Å². The van der Waals surface area contributed by atoms with Gasteiger partial charge in [-0.05, 0) is 42.8 Å². The molecule has 0 saturated carbocycles. The van der Waals surface area contributed by atoms with Crippen molar-refractivity contribution in [2.24, 2.45) is 5.92 Å². The lowest BCUT2D eigenvalue weighted by Crippen LogP contribution is -2.46. The molecule has 0 spiro atoms. The minimum absolute atomic E-state index is 0.0301. The van der Waals surface area contributed by atoms with Gasteiger partial charge in [0.2, 0.25) is 5.91 Å². The number of ether oxygens (including phenoxy) is 2. The highest BCUT2D eigenvalue weighted by Gasteiger charge is 2.39. The van der Waals surface area contributed by atoms with E-state index in [1.807, 2.05) is 80.7 Å². The Bertz CT molecular complexity index is 1300. The van der Waals surface area contributed by atoms with Crippen LogP contribution in [0.25, 0.3) is 0 Å². The van der Waals surface area contributed by atoms with Crippen molar-refractivity contribution >= 4 is 17.6 Å². The number of nitrogens with one attached hydrogen (secondary N) is 1. The van der Waals surface area contributed by atoms with E-state index in [1.54, 1.807) is 12.1 Å². The van der Waals surface area contributed by atoms with Gasteiger partial charge in [-0.1, -0.05) is 73.7 Å². The molecule has 9 nitrogen and oxygen atoms in total. The van der Waals surface area contributed by atoms with E-state index >= 15 is 0 Å². The molecule has 1 amide bonds. The molecule has 1 aliphatic heterocycles. The quantitative estimate of drug-likeness (QED) is 0.241. The maximum Gasteiger partial charge on any atom is 0.303 e. The summed E-state index contributed by atoms with van der Waals surface area (Å²) in [6, 6.07) is 24.3. The van der Waals surface area contributed by atoms with Crippen molar-refractivity contribution in [3.8, 4) is 0 Å². The zero-order valence-electron chi connectivity index (χ0n) is 24.2. The Kier molecular flexibility index (Phi) is 10.8. The third-order valence-corrected chi connectivity index (χ3v) is 7.92. The minimum atomic E-state index is -1.02. The predicted octanol–water partition coefficient (Wildman–Crippen LogP) is 4.83. The number of hydrogen-bond acceptors (Lipinski definition) is 7. The van der Waals surface area contributed by atoms with Crippen LogP contribution in [0.4, 0.5) is 5.69 Å². The van der Waals surface area contributed by atoms with Crippen molar-refractivity contribution in [3.63, 3.8) is 0 Å². The van der Waals surface area contributed by atoms with E-state index < -0.39 is 18.4 Å². The minimum Gasteiger partial charge on any atom is -0.481 e. The molecule has 1 heterocycles. The van der Waals surface area contributed by atoms with Crippen molar-refractivity contribution < 1.29 is 34.4 Å². The number of benzene rings is 3. The highest BCUT2D eigenvalue weighted by atomic mass is 16.7. The lowest BCUT2D eigenvalue weighted by Gasteiger charge is -2.43. The maximum atomic E-state index is 12.1. The van der Waals surface area contributed by atoms with E-state index in [4.69, 9.17) is 14.6 Å². The number of amides is 1. The lowest BCUT2D eigenvalue weighted by atomic mass is 9.89. The van der Waals surface area contributed by atoms with Crippen LogP contribution in [0.2, 0.25) is 0 Å². The summed E-state index contributed by atoms with van der Waals surface area (Å²) in [6.45, 7) is 4.59. The van der Waals surface area contributed by atoms with Gasteiger partial charge in [-0.15, -0.1) is 0 Å². The van der Waals surface area contributed by atoms with Gasteiger partial charge in [0.05, 0.1) is 31.3 Å². The van der Waals surface area contributed by atoms with Crippen molar-refractivity contribution in [1.82, 2.24) is 4.90 Å². The van der Waals surface area contributed by atoms with E-state index in [9.17, 15) is 19.8 Å². The molecule has 0 radical (unpaired) electrons. The van der Waals surface area contributed by atoms with Gasteiger partial charge in [0.15, 0.2) is 6.29 Å². The molecular formula is C33H40N2O7. The van der Waals surface area contributed by atoms with Gasteiger partial charge >= 0.3 is 5.97 Å². The summed E-state index contributed by atoms with van der Waals surface area (Å²) >= 11 is 0. The van der Waals surface area contributed by atoms with Crippen LogP contribution in [0.3, 0.4) is 0 Å². The van der Waals surface area contributed by atoms with Crippen LogP contribution in [-0.4, -0.2) is 57.8 Å². The monoisotopic (exact) mass is 576 g/mol. The highest BCUT2D eigenvalue weighted by molar-refractivity contribution is 5.92. The molecule has 4 rings (SSSR count). The normalized spacial score (nSPS) is 22.0. The van der Waals surface area contributed by atoms with Crippen molar-refractivity contribution in [1.29, 1.82) is 0 Å². The fourth-order valence-corrected chi connectivity index (χ4v) is 5.12. The van der Waals surface area contributed by atoms with Crippen LogP contribution in [0, 0.1) is 5.92 Å². The predicted molar refractivity (Wildman–Crippen MR) is 158 cm³/mol. The number of carboxylic acid groups (broad SMARTS) is 1. The van der Waals surface area contributed by atoms with E-state index in [-0.39, 0.29) is 49.5 Å². The van der Waals surface area contributed by atoms with E-state index in [0.29, 0.717) is 12.2 Å². The molecule has 3 aromatic carbocycles. The molecule has 6 atom stereocenters. The summed E-state index contributed by atoms with van der Waals surface area (Å²) in [5.74, 6) is -1.42. The number of anilines is 1. The zero-order chi connectivity index (χ0) is 30.2. The van der Waals surface area contributed by atoms with Crippen LogP contribution < -0.4 is 5.32 Å². The van der Waals surface area contributed by atoms with Gasteiger partial charge in [-0.2, -0.15) is 0 Å². The fourth-order valence-electron chi connectivity index (χ4n) is 5.12. The molecule has 0 aromatic heterocycles. The van der Waals surface area contributed by atoms with Gasteiger partial charge in [0.25, 0.3) is 0 Å². The van der Waals surface area contributed by atoms with Crippen molar-refractivity contribution in [3.05, 3.63) is 101 Å². The van der Waals surface area contributed by atoms with E-state index in [0.717, 1.165) is 22.3 Å². The Labute approximate surface area is 246 Å². The summed E-state index contributed by atoms with van der Waals surface area (Å²) in [7, 11) is 1.98. The summed E-state index contributed by atoms with van der Waals surface area (Å²) in [5.41, 5.74) is 3.96. The standard InChI is InChI=1S/C33H40N2O7/c1-21-28(19-35(3)22(2)31(40)24-7-5-4-6-8-24)41-33(42-32(21)25-11-9-23(20-36)10-12-25)26-13-15-27(16-14-26)34-29(37)17-18-30(38)39/h4-16,21-22,28,31-33,36,40H,17-20H2,1-3H3,(H,34,37)(H,38,39)/t21-,22-,28+,31-,32+,33+/m0/s1. The molecule has 0 unspecified atom stereocenters. The number of aliphatic carboxylic acids is 1. The number of aliphatic hydroxyl groups excluding tert-OH is 2. The Morgan fingerprint density at radius 2 is 1.57 bits per heavy atom. The first kappa shape index (κ1) is 31.3. The third kappa shape index (κ3) is 8.02. The van der Waals surface area contributed by atoms with Crippen LogP contribution >= 0.6 is 0 Å². The second kappa shape index (κ2) is 14.5. The van der Waals surface area contributed by atoms with Crippen LogP contribution in [0.15, 0.2) is 78.9 Å². The highest BCUT2D eigenvalue weighted by Crippen LogP contribution is 2.42. The molecule has 1 aliphatic rings. The Morgan fingerprint density at radius 1 is 0.929 bits per heavy atom. The molecule has 9 heteroatoms. The summed E-state index contributed by atoms with van der Waals surface area (Å²) < 4.78 is 13.0. The van der Waals surface area contributed by atoms with Crippen LogP contribution in [0.1, 0.15) is 67.4 Å². The zero-order valence-corrected chi connectivity index (χ0v) is 24.2. The smallest absolute Gasteiger partial charge is 0.303 e. The molecule has 1 fully saturated rings. The Morgan fingerprint density at radius 3 is 2.19 bits per heavy atom. The average Bonchev–Trinajstić information content (AvgIpc) is 3.01. The SMILES string of the molecule is C[C@H]1[C@@H](CN(C)[C@@H](C)[C@H](O)c2ccccc2)O[C@@H](c2ccc(NC(=O)CCC(=O)O)cc2)O[C@H]1c1ccc(CO)cc1. The topological polar surface area (TPSA) is 129 Å². The van der Waals surface area contributed by atoms with E-state index in [1.165, 1.54) is 0 Å². The molecular weight excluding hydrogens is 536 g/mol. The summed E-state index contributed by atoms with van der Waals surface area (Å²) in [5, 5.41) is 32.1. The number of carbonyl (C=O) groups excluding carboxylic acids is 1. The largest absolute Gasteiger partial charge is 0.481 e. The Hall–Kier alpha value is -3.60. The van der Waals surface area contributed by atoms with Crippen molar-refractivity contribution in [2.45, 2.75) is 63.9 Å². The second-order valence-corrected chi connectivity index (χ2v) is 10.9. The molecule has 3 aromatic rings. The first-order valence-electron chi connectivity index (χ1n) is 14.2. The molecule has 0 aliphatic carbocycles. The number of likely N-dealkylation sites (N-methyl/N-ethyl adjacent to an activating group) is 1. The molecule has 224 valence electrons. The van der Waals surface area contributed by atoms with Gasteiger partial charge in [-0.3, -0.25) is 14.5 Å². The van der Waals surface area contributed by atoms with Gasteiger partial charge in [0.1, 0.15) is 0 Å². The van der Waals surface area contributed by atoms with E-state index in [2.05, 4.69) is 17.1 Å². The number of carbonyl (C=O) groups is 2. The molecule has 1 saturated heterocycles. The summed E-state index contributed by atoms with van der Waals surface area (Å²) in [4.78, 5) is 24.9. The molecule has 42 heavy (non-hydrogen) atoms. The number of rotatable bonds is 12. The first-order chi connectivity index (χ1) is 20.2. The second-order valence-electron chi connectivity index (χ2n) is 10.9. The lowest BCUT2D eigenvalue weighted by molar-refractivity contribution is -0.276. The molecule has 0 bridgehead atoms. The number of carboxylic acids is 1. The van der Waals surface area contributed by atoms with Crippen LogP contribution in [-0.2, 0) is 25.7 Å². The Balaban J connectivity index is 1.52. The van der Waals surface area contributed by atoms with Gasteiger partial charge in [0, 0.05) is 36.2 Å². The van der Waals surface area contributed by atoms with Gasteiger partial charge in [-0.25, -0.2) is 0 Å². The number of nitrogens with zero attached hydrogens (tertiary/aromatic N) is 1. The first-order valence-corrected chi connectivity index (χ1v) is 14.2. The number of aliphatic hydroxyl groups is 2. The number of hydrogen-bond donors (Lipinski definition) is 4.